The van der Waals surface area contributed by atoms with Gasteiger partial charge in [-0.1, -0.05) is 24.3 Å². The third-order valence-electron chi connectivity index (χ3n) is 3.87. The Kier molecular flexibility index (Phi) is 4.48. The molecule has 0 amide bonds. The van der Waals surface area contributed by atoms with Crippen molar-refractivity contribution in [1.82, 2.24) is 5.48 Å². The lowest BCUT2D eigenvalue weighted by Crippen LogP contribution is -2.12. The molecule has 6 nitrogen and oxygen atoms in total. The number of hydrogen-bond acceptors (Lipinski definition) is 4. The van der Waals surface area contributed by atoms with E-state index >= 15 is 0 Å². The predicted molar refractivity (Wildman–Crippen MR) is 92.8 cm³/mol. The molecule has 6 heteroatoms. The minimum atomic E-state index is -0.996. The number of benzene rings is 2. The normalized spacial score (nSPS) is 18.4. The van der Waals surface area contributed by atoms with Crippen molar-refractivity contribution in [3.05, 3.63) is 59.7 Å². The monoisotopic (exact) mass is 325 g/mol. The summed E-state index contributed by atoms with van der Waals surface area (Å²) < 4.78 is 0. The highest BCUT2D eigenvalue weighted by Gasteiger charge is 2.24. The van der Waals surface area contributed by atoms with E-state index in [2.05, 4.69) is 10.5 Å². The number of hydrogen-bond donors (Lipinski definition) is 2. The van der Waals surface area contributed by atoms with Gasteiger partial charge in [0.15, 0.2) is 0 Å². The second-order valence-corrected chi connectivity index (χ2v) is 5.78. The maximum atomic E-state index is 11.2. The van der Waals surface area contributed by atoms with Crippen molar-refractivity contribution in [1.29, 1.82) is 0 Å². The second-order valence-electron chi connectivity index (χ2n) is 5.78. The van der Waals surface area contributed by atoms with Gasteiger partial charge in [-0.25, -0.2) is 9.79 Å². The number of aliphatic imine (C=N–C) groups is 1. The van der Waals surface area contributed by atoms with Crippen LogP contribution in [-0.2, 0) is 4.84 Å². The van der Waals surface area contributed by atoms with E-state index < -0.39 is 5.97 Å². The van der Waals surface area contributed by atoms with Crippen LogP contribution in [0.1, 0.15) is 28.4 Å². The van der Waals surface area contributed by atoms with Gasteiger partial charge in [0.1, 0.15) is 11.9 Å². The fraction of sp³-hybridized carbons (Fsp3) is 0.222. The zero-order valence-electron chi connectivity index (χ0n) is 13.6. The van der Waals surface area contributed by atoms with Crippen molar-refractivity contribution in [2.45, 2.75) is 12.5 Å². The molecule has 1 saturated heterocycles. The molecule has 1 heterocycles. The van der Waals surface area contributed by atoms with Crippen LogP contribution in [0.3, 0.4) is 0 Å². The number of anilines is 1. The Hall–Kier alpha value is -2.86. The van der Waals surface area contributed by atoms with Crippen LogP contribution in [0.4, 0.5) is 11.4 Å². The molecule has 2 N–H and O–H groups in total. The van der Waals surface area contributed by atoms with Crippen LogP contribution in [0.15, 0.2) is 53.5 Å². The topological polar surface area (TPSA) is 74.2 Å². The highest BCUT2D eigenvalue weighted by Crippen LogP contribution is 2.28. The number of amidine groups is 1. The molecule has 0 saturated carbocycles. The number of nitrogens with zero attached hydrogens (tertiary/aromatic N) is 2. The summed E-state index contributed by atoms with van der Waals surface area (Å²) in [5, 5.41) is 9.22. The first-order valence-corrected chi connectivity index (χ1v) is 7.63. The number of carboxylic acids is 1. The van der Waals surface area contributed by atoms with Crippen LogP contribution in [0.2, 0.25) is 0 Å². The van der Waals surface area contributed by atoms with Gasteiger partial charge < -0.3 is 10.0 Å². The number of aromatic carboxylic acids is 1. The minimum Gasteiger partial charge on any atom is -0.478 e. The number of nitrogens with one attached hydrogen (secondary N) is 1. The Morgan fingerprint density at radius 1 is 1.21 bits per heavy atom. The number of rotatable bonds is 4. The number of carboxylic acid groups (broad SMARTS) is 1. The molecule has 1 aliphatic rings. The minimum absolute atomic E-state index is 0.142. The van der Waals surface area contributed by atoms with E-state index in [1.54, 1.807) is 18.2 Å². The first-order chi connectivity index (χ1) is 11.5. The molecule has 2 aromatic carbocycles. The third kappa shape index (κ3) is 3.38. The van der Waals surface area contributed by atoms with Gasteiger partial charge >= 0.3 is 5.97 Å². The van der Waals surface area contributed by atoms with Crippen LogP contribution in [0.25, 0.3) is 0 Å². The zero-order chi connectivity index (χ0) is 17.1. The number of para-hydroxylation sites is 1. The molecule has 0 spiro atoms. The van der Waals surface area contributed by atoms with Gasteiger partial charge in [0, 0.05) is 26.2 Å². The van der Waals surface area contributed by atoms with Crippen LogP contribution in [-0.4, -0.2) is 31.0 Å². The van der Waals surface area contributed by atoms with Crippen LogP contribution >= 0.6 is 0 Å². The molecule has 3 rings (SSSR count). The van der Waals surface area contributed by atoms with E-state index in [0.717, 1.165) is 11.3 Å². The number of carbonyl (C=O) groups is 1. The summed E-state index contributed by atoms with van der Waals surface area (Å²) in [4.78, 5) is 23.3. The van der Waals surface area contributed by atoms with E-state index in [1.165, 1.54) is 6.07 Å². The lowest BCUT2D eigenvalue weighted by atomic mass is 10.1. The van der Waals surface area contributed by atoms with Gasteiger partial charge in [0.05, 0.1) is 11.3 Å². The maximum absolute atomic E-state index is 11.2. The third-order valence-corrected chi connectivity index (χ3v) is 3.87. The van der Waals surface area contributed by atoms with E-state index in [4.69, 9.17) is 4.84 Å². The van der Waals surface area contributed by atoms with Gasteiger partial charge in [-0.3, -0.25) is 10.3 Å². The summed E-state index contributed by atoms with van der Waals surface area (Å²) >= 11 is 0. The average Bonchev–Trinajstić information content (AvgIpc) is 3.04. The summed E-state index contributed by atoms with van der Waals surface area (Å²) in [6.45, 7) is 0. The van der Waals surface area contributed by atoms with Crippen LogP contribution in [0, 0.1) is 0 Å². The Bertz CT molecular complexity index is 769. The predicted octanol–water partition coefficient (Wildman–Crippen LogP) is 3.15. The Labute approximate surface area is 140 Å². The molecule has 1 fully saturated rings. The first-order valence-electron chi connectivity index (χ1n) is 7.63. The molecule has 1 atom stereocenters. The molecular formula is C18H19N3O3. The maximum Gasteiger partial charge on any atom is 0.337 e. The molecule has 0 aromatic heterocycles. The molecule has 124 valence electrons. The van der Waals surface area contributed by atoms with Crippen LogP contribution < -0.4 is 10.4 Å². The molecule has 0 bridgehead atoms. The molecule has 2 aromatic rings. The molecular weight excluding hydrogens is 306 g/mol. The van der Waals surface area contributed by atoms with E-state index in [0.29, 0.717) is 17.9 Å². The van der Waals surface area contributed by atoms with E-state index in [9.17, 15) is 9.90 Å². The first kappa shape index (κ1) is 16.0. The Balaban J connectivity index is 1.77. The second kappa shape index (κ2) is 6.72. The fourth-order valence-electron chi connectivity index (χ4n) is 2.54. The molecule has 24 heavy (non-hydrogen) atoms. The van der Waals surface area contributed by atoms with Gasteiger partial charge in [-0.2, -0.15) is 0 Å². The van der Waals surface area contributed by atoms with Gasteiger partial charge in [0.25, 0.3) is 0 Å². The highest BCUT2D eigenvalue weighted by atomic mass is 16.7. The van der Waals surface area contributed by atoms with E-state index in [-0.39, 0.29) is 11.7 Å². The summed E-state index contributed by atoms with van der Waals surface area (Å²) in [5.74, 6) is -0.380. The van der Waals surface area contributed by atoms with Crippen molar-refractivity contribution in [2.24, 2.45) is 4.99 Å². The van der Waals surface area contributed by atoms with Crippen molar-refractivity contribution in [2.75, 3.05) is 19.0 Å². The molecule has 0 radical (unpaired) electrons. The van der Waals surface area contributed by atoms with Crippen molar-refractivity contribution in [3.63, 3.8) is 0 Å². The Morgan fingerprint density at radius 3 is 2.58 bits per heavy atom. The fourth-order valence-corrected chi connectivity index (χ4v) is 2.54. The summed E-state index contributed by atoms with van der Waals surface area (Å²) in [6.07, 6.45) is 0.423. The molecule has 1 aliphatic heterocycles. The van der Waals surface area contributed by atoms with Crippen molar-refractivity contribution in [3.8, 4) is 0 Å². The van der Waals surface area contributed by atoms with Gasteiger partial charge in [0.2, 0.25) is 0 Å². The highest BCUT2D eigenvalue weighted by molar-refractivity contribution is 5.95. The largest absolute Gasteiger partial charge is 0.478 e. The smallest absolute Gasteiger partial charge is 0.337 e. The quantitative estimate of drug-likeness (QED) is 0.903. The van der Waals surface area contributed by atoms with Crippen molar-refractivity contribution >= 4 is 23.2 Å². The lowest BCUT2D eigenvalue weighted by Gasteiger charge is -2.14. The molecule has 1 unspecified atom stereocenters. The SMILES string of the molecule is CN(C)c1ccc(C2CC(=Nc3ccccc3C(=O)O)NO2)cc1. The summed E-state index contributed by atoms with van der Waals surface area (Å²) in [7, 11) is 3.99. The van der Waals surface area contributed by atoms with E-state index in [1.807, 2.05) is 43.3 Å². The lowest BCUT2D eigenvalue weighted by molar-refractivity contribution is 0.0449. The molecule has 0 aliphatic carbocycles. The number of hydroxylamine groups is 1. The van der Waals surface area contributed by atoms with Crippen molar-refractivity contribution < 1.29 is 14.7 Å². The van der Waals surface area contributed by atoms with Gasteiger partial charge in [-0.05, 0) is 29.8 Å². The van der Waals surface area contributed by atoms with Crippen LogP contribution in [0.5, 0.6) is 0 Å². The van der Waals surface area contributed by atoms with Gasteiger partial charge in [-0.15, -0.1) is 0 Å². The summed E-state index contributed by atoms with van der Waals surface area (Å²) in [6, 6.07) is 14.8. The Morgan fingerprint density at radius 2 is 1.92 bits per heavy atom. The average molecular weight is 325 g/mol. The zero-order valence-corrected chi connectivity index (χ0v) is 13.6. The summed E-state index contributed by atoms with van der Waals surface area (Å²) in [5.41, 5.74) is 5.56. The standard InChI is InChI=1S/C18H19N3O3/c1-21(2)13-9-7-12(8-10-13)16-11-17(20-24-16)19-15-6-4-3-5-14(15)18(22)23/h3-10,16H,11H2,1-2H3,(H,19,20)(H,22,23).